The number of rotatable bonds is 6. The molecule has 0 amide bonds. The van der Waals surface area contributed by atoms with E-state index in [4.69, 9.17) is 10.00 Å². The highest BCUT2D eigenvalue weighted by atomic mass is 16.5. The standard InChI is InChI=1S/C14H20N4O/c1-4-9-19-14(17-11-15)12-7-8-13(16-10-12)18(5-2)6-3/h7-8,10H,4-6,9H2,1-3H3. The summed E-state index contributed by atoms with van der Waals surface area (Å²) in [5.41, 5.74) is 0.728. The van der Waals surface area contributed by atoms with Gasteiger partial charge in [0, 0.05) is 19.3 Å². The summed E-state index contributed by atoms with van der Waals surface area (Å²) in [4.78, 5) is 10.2. The van der Waals surface area contributed by atoms with Crippen molar-refractivity contribution in [3.63, 3.8) is 0 Å². The number of ether oxygens (including phenoxy) is 1. The van der Waals surface area contributed by atoms with Crippen molar-refractivity contribution in [3.05, 3.63) is 23.9 Å². The largest absolute Gasteiger partial charge is 0.477 e. The molecule has 0 fully saturated rings. The van der Waals surface area contributed by atoms with E-state index in [1.807, 2.05) is 19.1 Å². The first-order chi connectivity index (χ1) is 9.26. The Labute approximate surface area is 114 Å². The van der Waals surface area contributed by atoms with E-state index in [2.05, 4.69) is 28.7 Å². The van der Waals surface area contributed by atoms with Gasteiger partial charge in [0.05, 0.1) is 12.2 Å². The zero-order valence-corrected chi connectivity index (χ0v) is 11.8. The first kappa shape index (κ1) is 15.0. The van der Waals surface area contributed by atoms with Crippen molar-refractivity contribution in [1.82, 2.24) is 4.98 Å². The Hall–Kier alpha value is -2.09. The average molecular weight is 260 g/mol. The summed E-state index contributed by atoms with van der Waals surface area (Å²) >= 11 is 0. The van der Waals surface area contributed by atoms with Gasteiger partial charge in [-0.3, -0.25) is 0 Å². The molecule has 1 heterocycles. The Balaban J connectivity index is 2.89. The molecule has 0 aliphatic heterocycles. The number of hydrogen-bond donors (Lipinski definition) is 0. The van der Waals surface area contributed by atoms with Gasteiger partial charge in [-0.05, 0) is 32.4 Å². The Morgan fingerprint density at radius 1 is 1.37 bits per heavy atom. The quantitative estimate of drug-likeness (QED) is 0.448. The van der Waals surface area contributed by atoms with E-state index in [1.165, 1.54) is 0 Å². The van der Waals surface area contributed by atoms with Crippen LogP contribution in [-0.2, 0) is 4.74 Å². The Morgan fingerprint density at radius 2 is 2.11 bits per heavy atom. The molecule has 0 spiro atoms. The molecule has 0 radical (unpaired) electrons. The Kier molecular flexibility index (Phi) is 6.37. The third-order valence-electron chi connectivity index (χ3n) is 2.68. The van der Waals surface area contributed by atoms with E-state index in [0.717, 1.165) is 30.9 Å². The molecule has 19 heavy (non-hydrogen) atoms. The van der Waals surface area contributed by atoms with Crippen molar-refractivity contribution in [2.75, 3.05) is 24.6 Å². The molecule has 0 unspecified atom stereocenters. The van der Waals surface area contributed by atoms with Crippen LogP contribution in [0.1, 0.15) is 32.8 Å². The fraction of sp³-hybridized carbons (Fsp3) is 0.500. The second kappa shape index (κ2) is 8.09. The second-order valence-corrected chi connectivity index (χ2v) is 3.94. The van der Waals surface area contributed by atoms with Crippen molar-refractivity contribution in [1.29, 1.82) is 5.26 Å². The molecule has 0 N–H and O–H groups in total. The van der Waals surface area contributed by atoms with Gasteiger partial charge in [0.1, 0.15) is 5.82 Å². The maximum absolute atomic E-state index is 8.67. The zero-order valence-electron chi connectivity index (χ0n) is 11.8. The molecule has 1 rings (SSSR count). The van der Waals surface area contributed by atoms with Crippen LogP contribution in [0, 0.1) is 11.5 Å². The minimum absolute atomic E-state index is 0.336. The van der Waals surface area contributed by atoms with Gasteiger partial charge in [-0.15, -0.1) is 4.99 Å². The highest BCUT2D eigenvalue weighted by Crippen LogP contribution is 2.12. The van der Waals surface area contributed by atoms with E-state index in [1.54, 1.807) is 12.4 Å². The van der Waals surface area contributed by atoms with Gasteiger partial charge in [0.25, 0.3) is 0 Å². The van der Waals surface area contributed by atoms with E-state index in [9.17, 15) is 0 Å². The summed E-state index contributed by atoms with van der Waals surface area (Å²) in [7, 11) is 0. The number of aromatic nitrogens is 1. The SMILES string of the molecule is CCCOC(=NC#N)c1ccc(N(CC)CC)nc1. The monoisotopic (exact) mass is 260 g/mol. The molecule has 102 valence electrons. The van der Waals surface area contributed by atoms with Gasteiger partial charge >= 0.3 is 0 Å². The number of pyridine rings is 1. The Morgan fingerprint density at radius 3 is 2.58 bits per heavy atom. The van der Waals surface area contributed by atoms with E-state index >= 15 is 0 Å². The van der Waals surface area contributed by atoms with E-state index in [-0.39, 0.29) is 0 Å². The first-order valence-corrected chi connectivity index (χ1v) is 6.57. The average Bonchev–Trinajstić information content (AvgIpc) is 2.45. The van der Waals surface area contributed by atoms with Gasteiger partial charge in [0.2, 0.25) is 12.1 Å². The zero-order chi connectivity index (χ0) is 14.1. The minimum atomic E-state index is 0.336. The molecule has 0 atom stereocenters. The van der Waals surface area contributed by atoms with Crippen LogP contribution in [0.5, 0.6) is 0 Å². The van der Waals surface area contributed by atoms with Crippen LogP contribution in [-0.4, -0.2) is 30.6 Å². The lowest BCUT2D eigenvalue weighted by atomic mass is 10.2. The maximum atomic E-state index is 8.67. The fourth-order valence-corrected chi connectivity index (χ4v) is 1.67. The van der Waals surface area contributed by atoms with Crippen LogP contribution in [0.2, 0.25) is 0 Å². The summed E-state index contributed by atoms with van der Waals surface area (Å²) in [6.45, 7) is 8.55. The summed E-state index contributed by atoms with van der Waals surface area (Å²) in [5.74, 6) is 1.25. The number of anilines is 1. The lowest BCUT2D eigenvalue weighted by Crippen LogP contribution is -2.23. The maximum Gasteiger partial charge on any atom is 0.233 e. The lowest BCUT2D eigenvalue weighted by Gasteiger charge is -2.19. The van der Waals surface area contributed by atoms with Crippen LogP contribution < -0.4 is 4.90 Å². The molecular formula is C14H20N4O. The summed E-state index contributed by atoms with van der Waals surface area (Å²) in [5, 5.41) is 8.67. The smallest absolute Gasteiger partial charge is 0.233 e. The van der Waals surface area contributed by atoms with Crippen LogP contribution in [0.3, 0.4) is 0 Å². The third kappa shape index (κ3) is 4.25. The van der Waals surface area contributed by atoms with Gasteiger partial charge in [-0.25, -0.2) is 4.98 Å². The van der Waals surface area contributed by atoms with Gasteiger partial charge in [-0.2, -0.15) is 5.26 Å². The van der Waals surface area contributed by atoms with Crippen molar-refractivity contribution in [2.45, 2.75) is 27.2 Å². The van der Waals surface area contributed by atoms with Crippen molar-refractivity contribution in [2.24, 2.45) is 4.99 Å². The topological polar surface area (TPSA) is 61.5 Å². The normalized spacial score (nSPS) is 10.9. The van der Waals surface area contributed by atoms with E-state index < -0.39 is 0 Å². The lowest BCUT2D eigenvalue weighted by molar-refractivity contribution is 0.306. The summed E-state index contributed by atoms with van der Waals surface area (Å²) in [6, 6.07) is 3.80. The van der Waals surface area contributed by atoms with Crippen LogP contribution in [0.4, 0.5) is 5.82 Å². The molecule has 5 heteroatoms. The molecule has 1 aromatic heterocycles. The molecule has 5 nitrogen and oxygen atoms in total. The third-order valence-corrected chi connectivity index (χ3v) is 2.68. The predicted molar refractivity (Wildman–Crippen MR) is 76.2 cm³/mol. The Bertz CT molecular complexity index is 444. The van der Waals surface area contributed by atoms with Gasteiger partial charge in [0.15, 0.2) is 0 Å². The van der Waals surface area contributed by atoms with Crippen LogP contribution in [0.15, 0.2) is 23.3 Å². The number of nitriles is 1. The number of aliphatic imine (C=N–C) groups is 1. The van der Waals surface area contributed by atoms with E-state index in [0.29, 0.717) is 12.5 Å². The first-order valence-electron chi connectivity index (χ1n) is 6.57. The van der Waals surface area contributed by atoms with Gasteiger partial charge in [-0.1, -0.05) is 6.92 Å². The van der Waals surface area contributed by atoms with Crippen molar-refractivity contribution in [3.8, 4) is 6.19 Å². The molecule has 1 aromatic rings. The molecule has 0 bridgehead atoms. The predicted octanol–water partition coefficient (Wildman–Crippen LogP) is 2.58. The van der Waals surface area contributed by atoms with Crippen LogP contribution >= 0.6 is 0 Å². The molecule has 0 saturated heterocycles. The number of nitrogens with zero attached hydrogens (tertiary/aromatic N) is 4. The molecular weight excluding hydrogens is 240 g/mol. The fourth-order valence-electron chi connectivity index (χ4n) is 1.67. The highest BCUT2D eigenvalue weighted by Gasteiger charge is 2.08. The minimum Gasteiger partial charge on any atom is -0.477 e. The van der Waals surface area contributed by atoms with Crippen LogP contribution in [0.25, 0.3) is 0 Å². The molecule has 0 aromatic carbocycles. The molecule has 0 aliphatic carbocycles. The van der Waals surface area contributed by atoms with Crippen molar-refractivity contribution >= 4 is 11.7 Å². The molecule has 0 saturated carbocycles. The molecule has 0 aliphatic rings. The highest BCUT2D eigenvalue weighted by molar-refractivity contribution is 5.94. The second-order valence-electron chi connectivity index (χ2n) is 3.94. The number of hydrogen-bond acceptors (Lipinski definition) is 5. The summed E-state index contributed by atoms with van der Waals surface area (Å²) < 4.78 is 5.44. The van der Waals surface area contributed by atoms with Crippen molar-refractivity contribution < 1.29 is 4.74 Å². The summed E-state index contributed by atoms with van der Waals surface area (Å²) in [6.07, 6.45) is 4.32. The van der Waals surface area contributed by atoms with Gasteiger partial charge < -0.3 is 9.64 Å².